The molecule has 4 unspecified atom stereocenters. The second kappa shape index (κ2) is 7.28. The van der Waals surface area contributed by atoms with Crippen molar-refractivity contribution in [2.24, 2.45) is 17.8 Å². The van der Waals surface area contributed by atoms with Crippen LogP contribution in [0.25, 0.3) is 0 Å². The molecule has 2 rings (SSSR count). The van der Waals surface area contributed by atoms with Crippen molar-refractivity contribution >= 4 is 5.91 Å². The lowest BCUT2D eigenvalue weighted by Crippen LogP contribution is -2.47. The largest absolute Gasteiger partial charge is 0.356 e. The third-order valence-corrected chi connectivity index (χ3v) is 5.00. The van der Waals surface area contributed by atoms with Crippen molar-refractivity contribution in [3.05, 3.63) is 0 Å². The quantitative estimate of drug-likeness (QED) is 0.821. The molecule has 3 nitrogen and oxygen atoms in total. The zero-order valence-electron chi connectivity index (χ0n) is 12.6. The van der Waals surface area contributed by atoms with Crippen molar-refractivity contribution in [3.8, 4) is 0 Å². The molecule has 2 aliphatic rings. The first-order valence-corrected chi connectivity index (χ1v) is 8.18. The Morgan fingerprint density at radius 1 is 1.21 bits per heavy atom. The molecule has 1 heterocycles. The highest BCUT2D eigenvalue weighted by molar-refractivity contribution is 5.79. The van der Waals surface area contributed by atoms with Crippen molar-refractivity contribution in [3.63, 3.8) is 0 Å². The molecule has 0 aromatic heterocycles. The van der Waals surface area contributed by atoms with Crippen LogP contribution < -0.4 is 10.6 Å². The molecule has 0 aromatic carbocycles. The first-order valence-electron chi connectivity index (χ1n) is 8.18. The van der Waals surface area contributed by atoms with Gasteiger partial charge >= 0.3 is 0 Å². The van der Waals surface area contributed by atoms with Gasteiger partial charge in [-0.1, -0.05) is 26.2 Å². The van der Waals surface area contributed by atoms with Gasteiger partial charge in [0, 0.05) is 12.6 Å². The predicted octanol–water partition coefficient (Wildman–Crippen LogP) is 2.71. The van der Waals surface area contributed by atoms with Crippen molar-refractivity contribution in [2.45, 2.75) is 64.8 Å². The van der Waals surface area contributed by atoms with E-state index in [2.05, 4.69) is 24.5 Å². The van der Waals surface area contributed by atoms with Crippen LogP contribution in [-0.4, -0.2) is 25.0 Å². The Morgan fingerprint density at radius 3 is 2.79 bits per heavy atom. The Hall–Kier alpha value is -0.570. The van der Waals surface area contributed by atoms with Gasteiger partial charge in [0.15, 0.2) is 0 Å². The van der Waals surface area contributed by atoms with Gasteiger partial charge in [-0.3, -0.25) is 4.79 Å². The van der Waals surface area contributed by atoms with E-state index in [0.717, 1.165) is 37.8 Å². The van der Waals surface area contributed by atoms with Crippen LogP contribution in [0.1, 0.15) is 58.8 Å². The number of hydrogen-bond acceptors (Lipinski definition) is 2. The van der Waals surface area contributed by atoms with E-state index < -0.39 is 0 Å². The number of piperidine rings is 1. The molecule has 4 atom stereocenters. The summed E-state index contributed by atoms with van der Waals surface area (Å²) in [6, 6.07) is 0.337. The van der Waals surface area contributed by atoms with Gasteiger partial charge in [-0.15, -0.1) is 0 Å². The summed E-state index contributed by atoms with van der Waals surface area (Å²) in [7, 11) is 0. The van der Waals surface area contributed by atoms with E-state index in [0.29, 0.717) is 6.04 Å². The molecule has 0 aromatic rings. The summed E-state index contributed by atoms with van der Waals surface area (Å²) >= 11 is 0. The smallest absolute Gasteiger partial charge is 0.224 e. The second-order valence-corrected chi connectivity index (χ2v) is 6.71. The van der Waals surface area contributed by atoms with E-state index in [-0.39, 0.29) is 11.8 Å². The maximum atomic E-state index is 12.2. The lowest BCUT2D eigenvalue weighted by Gasteiger charge is -2.30. The van der Waals surface area contributed by atoms with Gasteiger partial charge in [0.1, 0.15) is 0 Å². The Labute approximate surface area is 117 Å². The summed E-state index contributed by atoms with van der Waals surface area (Å²) in [6.45, 7) is 6.43. The molecule has 1 aliphatic heterocycles. The van der Waals surface area contributed by atoms with Crippen LogP contribution in [0.3, 0.4) is 0 Å². The Bertz CT molecular complexity index is 292. The lowest BCUT2D eigenvalue weighted by atomic mass is 9.81. The highest BCUT2D eigenvalue weighted by atomic mass is 16.1. The van der Waals surface area contributed by atoms with E-state index >= 15 is 0 Å². The molecule has 0 spiro atoms. The monoisotopic (exact) mass is 266 g/mol. The first kappa shape index (κ1) is 14.8. The summed E-state index contributed by atoms with van der Waals surface area (Å²) in [5.74, 6) is 2.17. The summed E-state index contributed by atoms with van der Waals surface area (Å²) in [5, 5.41) is 6.56. The van der Waals surface area contributed by atoms with Gasteiger partial charge in [-0.25, -0.2) is 0 Å². The molecular weight excluding hydrogens is 236 g/mol. The van der Waals surface area contributed by atoms with Gasteiger partial charge in [0.05, 0.1) is 5.92 Å². The SMILES string of the molecule is CC1CCCC(CCNC(=O)C2CCCNC2C)C1. The van der Waals surface area contributed by atoms with E-state index in [9.17, 15) is 4.79 Å². The summed E-state index contributed by atoms with van der Waals surface area (Å²) in [4.78, 5) is 12.2. The lowest BCUT2D eigenvalue weighted by molar-refractivity contribution is -0.126. The number of hydrogen-bond donors (Lipinski definition) is 2. The maximum absolute atomic E-state index is 12.2. The van der Waals surface area contributed by atoms with Crippen LogP contribution in [-0.2, 0) is 4.79 Å². The van der Waals surface area contributed by atoms with Crippen LogP contribution in [0.15, 0.2) is 0 Å². The Kier molecular flexibility index (Phi) is 5.68. The average molecular weight is 266 g/mol. The molecule has 2 N–H and O–H groups in total. The normalized spacial score (nSPS) is 35.9. The number of rotatable bonds is 4. The average Bonchev–Trinajstić information content (AvgIpc) is 2.39. The van der Waals surface area contributed by atoms with Gasteiger partial charge in [0.2, 0.25) is 5.91 Å². The molecule has 0 radical (unpaired) electrons. The summed E-state index contributed by atoms with van der Waals surface area (Å²) < 4.78 is 0. The predicted molar refractivity (Wildman–Crippen MR) is 78.9 cm³/mol. The highest BCUT2D eigenvalue weighted by Gasteiger charge is 2.27. The van der Waals surface area contributed by atoms with Crippen molar-refractivity contribution in [1.29, 1.82) is 0 Å². The van der Waals surface area contributed by atoms with Crippen LogP contribution in [0.5, 0.6) is 0 Å². The molecule has 2 fully saturated rings. The molecule has 1 aliphatic carbocycles. The molecule has 19 heavy (non-hydrogen) atoms. The summed E-state index contributed by atoms with van der Waals surface area (Å²) in [6.07, 6.45) is 8.84. The topological polar surface area (TPSA) is 41.1 Å². The summed E-state index contributed by atoms with van der Waals surface area (Å²) in [5.41, 5.74) is 0. The minimum atomic E-state index is 0.180. The van der Waals surface area contributed by atoms with Crippen molar-refractivity contribution in [1.82, 2.24) is 10.6 Å². The zero-order valence-corrected chi connectivity index (χ0v) is 12.6. The van der Waals surface area contributed by atoms with Crippen LogP contribution in [0, 0.1) is 17.8 Å². The van der Waals surface area contributed by atoms with Crippen molar-refractivity contribution < 1.29 is 4.79 Å². The molecule has 1 saturated carbocycles. The number of carbonyl (C=O) groups excluding carboxylic acids is 1. The molecule has 0 bridgehead atoms. The Morgan fingerprint density at radius 2 is 2.05 bits per heavy atom. The molecule has 1 amide bonds. The fourth-order valence-corrected chi connectivity index (χ4v) is 3.75. The van der Waals surface area contributed by atoms with Crippen molar-refractivity contribution in [2.75, 3.05) is 13.1 Å². The maximum Gasteiger partial charge on any atom is 0.224 e. The van der Waals surface area contributed by atoms with E-state index in [1.807, 2.05) is 0 Å². The fourth-order valence-electron chi connectivity index (χ4n) is 3.75. The van der Waals surface area contributed by atoms with E-state index in [1.54, 1.807) is 0 Å². The zero-order chi connectivity index (χ0) is 13.7. The van der Waals surface area contributed by atoms with Gasteiger partial charge in [0.25, 0.3) is 0 Å². The fraction of sp³-hybridized carbons (Fsp3) is 0.938. The Balaban J connectivity index is 1.65. The van der Waals surface area contributed by atoms with Crippen LogP contribution >= 0.6 is 0 Å². The first-order chi connectivity index (χ1) is 9.16. The van der Waals surface area contributed by atoms with Crippen LogP contribution in [0.2, 0.25) is 0 Å². The minimum absolute atomic E-state index is 0.180. The number of amides is 1. The number of carbonyl (C=O) groups is 1. The third-order valence-electron chi connectivity index (χ3n) is 5.00. The van der Waals surface area contributed by atoms with Gasteiger partial charge in [-0.2, -0.15) is 0 Å². The third kappa shape index (κ3) is 4.48. The molecule has 110 valence electrons. The van der Waals surface area contributed by atoms with E-state index in [1.165, 1.54) is 32.1 Å². The molecule has 1 saturated heterocycles. The standard InChI is InChI=1S/C16H30N2O/c1-12-5-3-6-14(11-12)8-10-18-16(19)15-7-4-9-17-13(15)2/h12-15,17H,3-11H2,1-2H3,(H,18,19). The highest BCUT2D eigenvalue weighted by Crippen LogP contribution is 2.30. The van der Waals surface area contributed by atoms with E-state index in [4.69, 9.17) is 0 Å². The van der Waals surface area contributed by atoms with Gasteiger partial charge in [-0.05, 0) is 51.0 Å². The second-order valence-electron chi connectivity index (χ2n) is 6.71. The minimum Gasteiger partial charge on any atom is -0.356 e. The number of nitrogens with one attached hydrogen (secondary N) is 2. The molecular formula is C16H30N2O. The van der Waals surface area contributed by atoms with Crippen LogP contribution in [0.4, 0.5) is 0 Å². The molecule has 3 heteroatoms. The van der Waals surface area contributed by atoms with Gasteiger partial charge < -0.3 is 10.6 Å².